The van der Waals surface area contributed by atoms with E-state index in [1.54, 1.807) is 25.1 Å². The summed E-state index contributed by atoms with van der Waals surface area (Å²) in [5.74, 6) is 0. The Kier molecular flexibility index (Phi) is 5.40. The summed E-state index contributed by atoms with van der Waals surface area (Å²) >= 11 is 7.27. The van der Waals surface area contributed by atoms with E-state index >= 15 is 0 Å². The molecule has 1 heterocycles. The number of thiophene rings is 1. The number of hydrogen-bond acceptors (Lipinski definition) is 4. The minimum atomic E-state index is -3.53. The van der Waals surface area contributed by atoms with Gasteiger partial charge in [-0.05, 0) is 43.2 Å². The van der Waals surface area contributed by atoms with Crippen LogP contribution in [-0.4, -0.2) is 20.1 Å². The molecule has 2 N–H and O–H groups in total. The Bertz CT molecular complexity index is 693. The Hall–Kier alpha value is -0.920. The van der Waals surface area contributed by atoms with E-state index in [1.165, 1.54) is 23.5 Å². The number of hydrogen-bond donors (Lipinski definition) is 2. The molecule has 2 aromatic rings. The Morgan fingerprint density at radius 1 is 1.24 bits per heavy atom. The fourth-order valence-electron chi connectivity index (χ4n) is 1.80. The van der Waals surface area contributed by atoms with Crippen molar-refractivity contribution >= 4 is 33.0 Å². The van der Waals surface area contributed by atoms with Crippen molar-refractivity contribution in [3.8, 4) is 0 Å². The second-order valence-corrected chi connectivity index (χ2v) is 8.17. The standard InChI is InChI=1S/C14H16ClNO3S2/c1-10(17)11-2-5-13(6-3-11)21(18,19)16-9-8-12-4-7-14(15)20-12/h2-7,10,16-17H,8-9H2,1H3. The van der Waals surface area contributed by atoms with Crippen molar-refractivity contribution in [1.29, 1.82) is 0 Å². The first-order valence-electron chi connectivity index (χ1n) is 6.40. The number of halogens is 1. The molecule has 0 aliphatic rings. The first kappa shape index (κ1) is 16.5. The molecule has 1 atom stereocenters. The van der Waals surface area contributed by atoms with Gasteiger partial charge in [0.2, 0.25) is 10.0 Å². The predicted molar refractivity (Wildman–Crippen MR) is 85.3 cm³/mol. The van der Waals surface area contributed by atoms with E-state index < -0.39 is 16.1 Å². The van der Waals surface area contributed by atoms with Crippen LogP contribution in [0.25, 0.3) is 0 Å². The van der Waals surface area contributed by atoms with E-state index in [9.17, 15) is 13.5 Å². The molecule has 1 aromatic heterocycles. The third kappa shape index (κ3) is 4.52. The fraction of sp³-hybridized carbons (Fsp3) is 0.286. The van der Waals surface area contributed by atoms with Crippen molar-refractivity contribution in [2.45, 2.75) is 24.3 Å². The largest absolute Gasteiger partial charge is 0.389 e. The van der Waals surface area contributed by atoms with Crippen molar-refractivity contribution in [2.24, 2.45) is 0 Å². The van der Waals surface area contributed by atoms with Crippen LogP contribution in [0.1, 0.15) is 23.5 Å². The molecule has 7 heteroatoms. The van der Waals surface area contributed by atoms with Crippen molar-refractivity contribution in [3.63, 3.8) is 0 Å². The smallest absolute Gasteiger partial charge is 0.240 e. The summed E-state index contributed by atoms with van der Waals surface area (Å²) in [5, 5.41) is 9.41. The van der Waals surface area contributed by atoms with Gasteiger partial charge in [0.1, 0.15) is 0 Å². The van der Waals surface area contributed by atoms with E-state index in [1.807, 2.05) is 6.07 Å². The molecule has 0 bridgehead atoms. The summed E-state index contributed by atoms with van der Waals surface area (Å²) in [5.41, 5.74) is 0.683. The number of benzene rings is 1. The van der Waals surface area contributed by atoms with E-state index in [0.717, 1.165) is 4.88 Å². The molecule has 4 nitrogen and oxygen atoms in total. The Labute approximate surface area is 133 Å². The second kappa shape index (κ2) is 6.89. The van der Waals surface area contributed by atoms with Crippen LogP contribution in [0.5, 0.6) is 0 Å². The van der Waals surface area contributed by atoms with Gasteiger partial charge in [0.25, 0.3) is 0 Å². The van der Waals surface area contributed by atoms with Gasteiger partial charge in [0.15, 0.2) is 0 Å². The topological polar surface area (TPSA) is 66.4 Å². The lowest BCUT2D eigenvalue weighted by molar-refractivity contribution is 0.199. The number of aliphatic hydroxyl groups excluding tert-OH is 1. The molecule has 0 fully saturated rings. The highest BCUT2D eigenvalue weighted by Crippen LogP contribution is 2.21. The molecule has 21 heavy (non-hydrogen) atoms. The summed E-state index contributed by atoms with van der Waals surface area (Å²) < 4.78 is 27.5. The lowest BCUT2D eigenvalue weighted by Crippen LogP contribution is -2.25. The van der Waals surface area contributed by atoms with Gasteiger partial charge in [-0.15, -0.1) is 11.3 Å². The molecule has 0 aliphatic carbocycles. The van der Waals surface area contributed by atoms with Gasteiger partial charge < -0.3 is 5.11 Å². The van der Waals surface area contributed by atoms with Gasteiger partial charge in [0.05, 0.1) is 15.3 Å². The zero-order chi connectivity index (χ0) is 15.5. The minimum Gasteiger partial charge on any atom is -0.389 e. The number of rotatable bonds is 6. The highest BCUT2D eigenvalue weighted by molar-refractivity contribution is 7.89. The summed E-state index contributed by atoms with van der Waals surface area (Å²) in [6.45, 7) is 1.95. The van der Waals surface area contributed by atoms with E-state index in [2.05, 4.69) is 4.72 Å². The molecule has 0 spiro atoms. The predicted octanol–water partition coefficient (Wildman–Crippen LogP) is 2.98. The average molecular weight is 346 g/mol. The molecule has 0 amide bonds. The summed E-state index contributed by atoms with van der Waals surface area (Å²) in [6, 6.07) is 9.89. The SMILES string of the molecule is CC(O)c1ccc(S(=O)(=O)NCCc2ccc(Cl)s2)cc1. The summed E-state index contributed by atoms with van der Waals surface area (Å²) in [7, 11) is -3.53. The van der Waals surface area contributed by atoms with Gasteiger partial charge in [-0.2, -0.15) is 0 Å². The lowest BCUT2D eigenvalue weighted by Gasteiger charge is -2.08. The number of aliphatic hydroxyl groups is 1. The third-order valence-corrected chi connectivity index (χ3v) is 5.73. The first-order chi connectivity index (χ1) is 9.88. The quantitative estimate of drug-likeness (QED) is 0.845. The maximum atomic E-state index is 12.1. The van der Waals surface area contributed by atoms with Gasteiger partial charge >= 0.3 is 0 Å². The van der Waals surface area contributed by atoms with E-state index in [-0.39, 0.29) is 4.90 Å². The van der Waals surface area contributed by atoms with Gasteiger partial charge in [-0.3, -0.25) is 0 Å². The van der Waals surface area contributed by atoms with Crippen LogP contribution in [0.3, 0.4) is 0 Å². The Morgan fingerprint density at radius 2 is 1.90 bits per heavy atom. The molecule has 2 rings (SSSR count). The monoisotopic (exact) mass is 345 g/mol. The highest BCUT2D eigenvalue weighted by atomic mass is 35.5. The van der Waals surface area contributed by atoms with Gasteiger partial charge in [-0.25, -0.2) is 13.1 Å². The Balaban J connectivity index is 1.97. The molecular formula is C14H16ClNO3S2. The summed E-state index contributed by atoms with van der Waals surface area (Å²) in [4.78, 5) is 1.23. The Morgan fingerprint density at radius 3 is 2.43 bits per heavy atom. The van der Waals surface area contributed by atoms with Crippen LogP contribution >= 0.6 is 22.9 Å². The minimum absolute atomic E-state index is 0.191. The fourth-order valence-corrected chi connectivity index (χ4v) is 3.92. The maximum Gasteiger partial charge on any atom is 0.240 e. The molecule has 0 saturated carbocycles. The number of nitrogens with one attached hydrogen (secondary N) is 1. The van der Waals surface area contributed by atoms with Crippen LogP contribution in [-0.2, 0) is 16.4 Å². The van der Waals surface area contributed by atoms with E-state index in [4.69, 9.17) is 11.6 Å². The maximum absolute atomic E-state index is 12.1. The van der Waals surface area contributed by atoms with Crippen LogP contribution in [0.2, 0.25) is 4.34 Å². The molecular weight excluding hydrogens is 330 g/mol. The normalized spacial score (nSPS) is 13.3. The molecule has 1 unspecified atom stereocenters. The first-order valence-corrected chi connectivity index (χ1v) is 9.08. The third-order valence-electron chi connectivity index (χ3n) is 2.97. The van der Waals surface area contributed by atoms with Crippen molar-refractivity contribution < 1.29 is 13.5 Å². The molecule has 0 radical (unpaired) electrons. The average Bonchev–Trinajstić information content (AvgIpc) is 2.84. The van der Waals surface area contributed by atoms with Crippen LogP contribution in [0.15, 0.2) is 41.3 Å². The lowest BCUT2D eigenvalue weighted by atomic mass is 10.1. The van der Waals surface area contributed by atoms with Crippen LogP contribution in [0.4, 0.5) is 0 Å². The van der Waals surface area contributed by atoms with Gasteiger partial charge in [0, 0.05) is 11.4 Å². The van der Waals surface area contributed by atoms with E-state index in [0.29, 0.717) is 22.9 Å². The van der Waals surface area contributed by atoms with Crippen molar-refractivity contribution in [1.82, 2.24) is 4.72 Å². The number of sulfonamides is 1. The zero-order valence-corrected chi connectivity index (χ0v) is 13.8. The van der Waals surface area contributed by atoms with Crippen LogP contribution in [0, 0.1) is 0 Å². The summed E-state index contributed by atoms with van der Waals surface area (Å²) in [6.07, 6.45) is -0.0131. The molecule has 114 valence electrons. The highest BCUT2D eigenvalue weighted by Gasteiger charge is 2.14. The molecule has 0 saturated heterocycles. The zero-order valence-electron chi connectivity index (χ0n) is 11.4. The van der Waals surface area contributed by atoms with Gasteiger partial charge in [-0.1, -0.05) is 23.7 Å². The van der Waals surface area contributed by atoms with Crippen molar-refractivity contribution in [2.75, 3.05) is 6.54 Å². The molecule has 1 aromatic carbocycles. The second-order valence-electron chi connectivity index (χ2n) is 4.60. The van der Waals surface area contributed by atoms with Crippen molar-refractivity contribution in [3.05, 3.63) is 51.2 Å². The molecule has 0 aliphatic heterocycles. The van der Waals surface area contributed by atoms with Crippen LogP contribution < -0.4 is 4.72 Å².